The van der Waals surface area contributed by atoms with Gasteiger partial charge < -0.3 is 14.5 Å². The van der Waals surface area contributed by atoms with Crippen molar-refractivity contribution in [2.75, 3.05) is 7.11 Å². The van der Waals surface area contributed by atoms with Crippen LogP contribution in [0.1, 0.15) is 33.4 Å². The summed E-state index contributed by atoms with van der Waals surface area (Å²) in [7, 11) is 2.78. The van der Waals surface area contributed by atoms with Crippen molar-refractivity contribution in [1.82, 2.24) is 4.98 Å². The first kappa shape index (κ1) is 19.5. The Bertz CT molecular complexity index is 770. The van der Waals surface area contributed by atoms with Crippen molar-refractivity contribution in [3.8, 4) is 5.75 Å². The molecule has 2 rings (SSSR count). The molecule has 0 aliphatic heterocycles. The molecule has 0 saturated heterocycles. The second kappa shape index (κ2) is 6.50. The molecule has 0 bridgehead atoms. The number of methoxy groups -OCH3 is 1. The third kappa shape index (κ3) is 4.07. The van der Waals surface area contributed by atoms with Crippen molar-refractivity contribution < 1.29 is 27.7 Å². The molecular formula is C17H20BF3NO3. The topological polar surface area (TPSA) is 51.6 Å². The second-order valence-corrected chi connectivity index (χ2v) is 6.75. The number of fused-ring (bicyclic) bond motifs is 1. The number of nitrogens with zero attached hydrogens (tertiary/aromatic N) is 1. The van der Waals surface area contributed by atoms with Gasteiger partial charge in [0.05, 0.1) is 18.3 Å². The maximum Gasteiger partial charge on any atom is 0.433 e. The lowest BCUT2D eigenvalue weighted by atomic mass is 9.80. The maximum atomic E-state index is 12.9. The van der Waals surface area contributed by atoms with Crippen molar-refractivity contribution in [3.05, 3.63) is 30.0 Å². The number of hydrogen-bond donors (Lipinski definition) is 1. The number of rotatable bonds is 5. The molecule has 0 amide bonds. The minimum absolute atomic E-state index is 0.0933. The Morgan fingerprint density at radius 3 is 2.20 bits per heavy atom. The van der Waals surface area contributed by atoms with Gasteiger partial charge in [-0.1, -0.05) is 12.1 Å². The Morgan fingerprint density at radius 2 is 1.68 bits per heavy atom. The zero-order valence-electron chi connectivity index (χ0n) is 14.7. The molecule has 0 atom stereocenters. The number of aliphatic hydroxyl groups is 1. The van der Waals surface area contributed by atoms with Gasteiger partial charge in [-0.3, -0.25) is 0 Å². The fraction of sp³-hybridized carbons (Fsp3) is 0.471. The molecule has 1 aromatic heterocycles. The Balaban J connectivity index is 2.46. The van der Waals surface area contributed by atoms with Crippen molar-refractivity contribution in [2.24, 2.45) is 0 Å². The highest BCUT2D eigenvalue weighted by Crippen LogP contribution is 2.31. The number of alkyl halides is 3. The minimum atomic E-state index is -4.54. The van der Waals surface area contributed by atoms with Crippen LogP contribution in [0.2, 0.25) is 0 Å². The highest BCUT2D eigenvalue weighted by Gasteiger charge is 2.36. The van der Waals surface area contributed by atoms with Gasteiger partial charge in [0.2, 0.25) is 0 Å². The summed E-state index contributed by atoms with van der Waals surface area (Å²) in [5.74, 6) is 0.236. The zero-order chi connectivity index (χ0) is 19.0. The van der Waals surface area contributed by atoms with Gasteiger partial charge in [0.15, 0.2) is 0 Å². The van der Waals surface area contributed by atoms with Gasteiger partial charge in [-0.05, 0) is 45.3 Å². The maximum absolute atomic E-state index is 12.9. The molecule has 135 valence electrons. The Labute approximate surface area is 145 Å². The molecule has 0 aliphatic carbocycles. The van der Waals surface area contributed by atoms with Crippen LogP contribution in [-0.2, 0) is 10.8 Å². The fourth-order valence-electron chi connectivity index (χ4n) is 1.99. The van der Waals surface area contributed by atoms with Crippen molar-refractivity contribution >= 4 is 23.8 Å². The van der Waals surface area contributed by atoms with E-state index in [9.17, 15) is 18.3 Å². The molecule has 25 heavy (non-hydrogen) atoms. The number of hydrogen-bond acceptors (Lipinski definition) is 4. The first-order valence-electron chi connectivity index (χ1n) is 7.65. The Hall–Kier alpha value is -1.80. The van der Waals surface area contributed by atoms with Crippen LogP contribution in [0.4, 0.5) is 13.2 Å². The fourth-order valence-corrected chi connectivity index (χ4v) is 1.99. The Morgan fingerprint density at radius 1 is 1.04 bits per heavy atom. The van der Waals surface area contributed by atoms with Gasteiger partial charge in [-0.25, -0.2) is 4.98 Å². The van der Waals surface area contributed by atoms with Crippen molar-refractivity contribution in [1.29, 1.82) is 0 Å². The molecule has 1 heterocycles. The van der Waals surface area contributed by atoms with Gasteiger partial charge in [-0.15, -0.1) is 0 Å². The predicted molar refractivity (Wildman–Crippen MR) is 90.1 cm³/mol. The molecule has 8 heteroatoms. The van der Waals surface area contributed by atoms with E-state index in [1.807, 2.05) is 0 Å². The van der Waals surface area contributed by atoms with E-state index < -0.39 is 23.1 Å². The first-order valence-corrected chi connectivity index (χ1v) is 7.65. The molecule has 2 aromatic rings. The molecule has 0 spiro atoms. The van der Waals surface area contributed by atoms with E-state index >= 15 is 0 Å². The molecule has 0 unspecified atom stereocenters. The van der Waals surface area contributed by atoms with Gasteiger partial charge in [-0.2, -0.15) is 13.2 Å². The van der Waals surface area contributed by atoms with Crippen LogP contribution in [0.25, 0.3) is 10.9 Å². The highest BCUT2D eigenvalue weighted by atomic mass is 19.4. The highest BCUT2D eigenvalue weighted by molar-refractivity contribution is 6.51. The smallest absolute Gasteiger partial charge is 0.433 e. The van der Waals surface area contributed by atoms with Gasteiger partial charge in [0, 0.05) is 5.39 Å². The lowest BCUT2D eigenvalue weighted by Crippen LogP contribution is -2.49. The summed E-state index contributed by atoms with van der Waals surface area (Å²) in [5, 5.41) is 10.6. The Kier molecular flexibility index (Phi) is 5.07. The van der Waals surface area contributed by atoms with Crippen molar-refractivity contribution in [3.63, 3.8) is 0 Å². The monoisotopic (exact) mass is 354 g/mol. The molecule has 0 aliphatic rings. The van der Waals surface area contributed by atoms with E-state index in [1.165, 1.54) is 26.7 Å². The molecule has 1 radical (unpaired) electrons. The molecule has 4 nitrogen and oxygen atoms in total. The zero-order valence-corrected chi connectivity index (χ0v) is 14.7. The summed E-state index contributed by atoms with van der Waals surface area (Å²) < 4.78 is 49.6. The molecule has 1 aromatic carbocycles. The largest absolute Gasteiger partial charge is 0.494 e. The average Bonchev–Trinajstić information content (AvgIpc) is 2.50. The lowest BCUT2D eigenvalue weighted by Gasteiger charge is -2.37. The van der Waals surface area contributed by atoms with Crippen LogP contribution in [0.5, 0.6) is 5.75 Å². The average molecular weight is 354 g/mol. The summed E-state index contributed by atoms with van der Waals surface area (Å²) in [6.07, 6.45) is -4.54. The number of aromatic nitrogens is 1. The normalized spacial score (nSPS) is 13.2. The van der Waals surface area contributed by atoms with E-state index in [0.29, 0.717) is 10.8 Å². The molecule has 0 saturated carbocycles. The third-order valence-electron chi connectivity index (χ3n) is 4.32. The van der Waals surface area contributed by atoms with E-state index in [0.717, 1.165) is 6.07 Å². The molecular weight excluding hydrogens is 334 g/mol. The van der Waals surface area contributed by atoms with E-state index in [1.54, 1.807) is 33.8 Å². The van der Waals surface area contributed by atoms with E-state index in [2.05, 4.69) is 4.98 Å². The van der Waals surface area contributed by atoms with Crippen LogP contribution >= 0.6 is 0 Å². The predicted octanol–water partition coefficient (Wildman–Crippen LogP) is 3.07. The van der Waals surface area contributed by atoms with E-state index in [4.69, 9.17) is 9.39 Å². The van der Waals surface area contributed by atoms with Crippen LogP contribution in [0.3, 0.4) is 0 Å². The van der Waals surface area contributed by atoms with Gasteiger partial charge >= 0.3 is 13.7 Å². The number of pyridine rings is 1. The minimum Gasteiger partial charge on any atom is -0.494 e. The third-order valence-corrected chi connectivity index (χ3v) is 4.32. The van der Waals surface area contributed by atoms with Crippen LogP contribution < -0.4 is 10.2 Å². The molecule has 0 fully saturated rings. The standard InChI is InChI=1S/C17H20BF3NO3/c1-15(2,23)16(3,4)25-18-11-7-8-12(24-5)14-10(11)6-9-13(22-14)17(19,20)21/h6-9,23H,1-5H3. The SMILES string of the molecule is COc1ccc([B]OC(C)(C)C(C)(C)O)c2ccc(C(F)(F)F)nc12. The van der Waals surface area contributed by atoms with Crippen LogP contribution in [-0.4, -0.2) is 35.9 Å². The number of halogens is 3. The van der Waals surface area contributed by atoms with Gasteiger partial charge in [0.25, 0.3) is 0 Å². The summed E-state index contributed by atoms with van der Waals surface area (Å²) >= 11 is 0. The summed E-state index contributed by atoms with van der Waals surface area (Å²) in [4.78, 5) is 3.70. The number of benzene rings is 1. The van der Waals surface area contributed by atoms with Crippen LogP contribution in [0.15, 0.2) is 24.3 Å². The number of ether oxygens (including phenoxy) is 1. The summed E-state index contributed by atoms with van der Waals surface area (Å²) in [6, 6.07) is 5.44. The van der Waals surface area contributed by atoms with Crippen LogP contribution in [0, 0.1) is 0 Å². The second-order valence-electron chi connectivity index (χ2n) is 6.75. The van der Waals surface area contributed by atoms with Crippen molar-refractivity contribution in [2.45, 2.75) is 45.1 Å². The summed E-state index contributed by atoms with van der Waals surface area (Å²) in [5.41, 5.74) is -2.38. The summed E-state index contributed by atoms with van der Waals surface area (Å²) in [6.45, 7) is 6.67. The van der Waals surface area contributed by atoms with Gasteiger partial charge in [0.1, 0.15) is 17.0 Å². The lowest BCUT2D eigenvalue weighted by molar-refractivity contribution is -0.140. The quantitative estimate of drug-likeness (QED) is 0.839. The van der Waals surface area contributed by atoms with E-state index in [-0.39, 0.29) is 11.3 Å². The molecule has 1 N–H and O–H groups in total. The first-order chi connectivity index (χ1) is 11.4.